The Balaban J connectivity index is 1.61. The maximum atomic E-state index is 13.2. The standard InChI is InChI=1S/C27H33ClN4O5S/c1-4-32-23(18-30-14-16-31(17-15-30)38(35,36)22-12-6-19(3)7-13-22)24(26(33)37-5-2)25(29-27(32)34)20-8-10-21(28)11-9-20/h6-13,25H,4-5,14-18H2,1-3H3,(H,29,34)/t25-/m0/s1. The summed E-state index contributed by atoms with van der Waals surface area (Å²) >= 11 is 6.07. The van der Waals surface area contributed by atoms with Crippen LogP contribution in [0.2, 0.25) is 5.02 Å². The number of hydrogen-bond donors (Lipinski definition) is 1. The number of nitrogens with one attached hydrogen (secondary N) is 1. The lowest BCUT2D eigenvalue weighted by molar-refractivity contribution is -0.139. The molecule has 0 bridgehead atoms. The van der Waals surface area contributed by atoms with Crippen LogP contribution in [0.25, 0.3) is 0 Å². The van der Waals surface area contributed by atoms with Gasteiger partial charge in [0, 0.05) is 50.0 Å². The lowest BCUT2D eigenvalue weighted by atomic mass is 9.94. The quantitative estimate of drug-likeness (QED) is 0.496. The summed E-state index contributed by atoms with van der Waals surface area (Å²) in [5.74, 6) is -0.499. The molecular formula is C27H33ClN4O5S. The molecule has 204 valence electrons. The minimum absolute atomic E-state index is 0.193. The Morgan fingerprint density at radius 3 is 2.24 bits per heavy atom. The summed E-state index contributed by atoms with van der Waals surface area (Å²) in [4.78, 5) is 30.2. The van der Waals surface area contributed by atoms with Gasteiger partial charge in [-0.1, -0.05) is 41.4 Å². The van der Waals surface area contributed by atoms with Gasteiger partial charge in [0.1, 0.15) is 0 Å². The van der Waals surface area contributed by atoms with Crippen molar-refractivity contribution in [3.8, 4) is 0 Å². The number of halogens is 1. The molecule has 4 rings (SSSR count). The molecule has 1 N–H and O–H groups in total. The van der Waals surface area contributed by atoms with Crippen molar-refractivity contribution in [3.05, 3.63) is 76.0 Å². The van der Waals surface area contributed by atoms with Crippen molar-refractivity contribution >= 4 is 33.6 Å². The van der Waals surface area contributed by atoms with Crippen LogP contribution in [0.1, 0.15) is 31.0 Å². The largest absolute Gasteiger partial charge is 0.463 e. The number of likely N-dealkylation sites (N-methyl/N-ethyl adjacent to an activating group) is 1. The lowest BCUT2D eigenvalue weighted by Crippen LogP contribution is -2.53. The van der Waals surface area contributed by atoms with E-state index in [1.165, 1.54) is 4.31 Å². The fourth-order valence-corrected chi connectivity index (χ4v) is 6.31. The van der Waals surface area contributed by atoms with Gasteiger partial charge < -0.3 is 10.1 Å². The average Bonchev–Trinajstić information content (AvgIpc) is 2.89. The van der Waals surface area contributed by atoms with Crippen molar-refractivity contribution in [2.24, 2.45) is 0 Å². The molecule has 2 aromatic carbocycles. The Hall–Kier alpha value is -2.92. The first kappa shape index (κ1) is 28.1. The molecule has 2 aromatic rings. The molecule has 0 radical (unpaired) electrons. The molecule has 1 fully saturated rings. The number of esters is 1. The molecule has 0 saturated carbocycles. The first-order valence-electron chi connectivity index (χ1n) is 12.7. The molecule has 2 aliphatic heterocycles. The number of ether oxygens (including phenoxy) is 1. The van der Waals surface area contributed by atoms with Gasteiger partial charge in [-0.25, -0.2) is 18.0 Å². The monoisotopic (exact) mass is 560 g/mol. The van der Waals surface area contributed by atoms with Crippen LogP contribution in [0.5, 0.6) is 0 Å². The first-order chi connectivity index (χ1) is 18.1. The summed E-state index contributed by atoms with van der Waals surface area (Å²) in [5, 5.41) is 3.49. The molecule has 1 atom stereocenters. The van der Waals surface area contributed by atoms with Gasteiger partial charge in [0.05, 0.1) is 23.1 Å². The lowest BCUT2D eigenvalue weighted by Gasteiger charge is -2.40. The van der Waals surface area contributed by atoms with E-state index < -0.39 is 22.0 Å². The summed E-state index contributed by atoms with van der Waals surface area (Å²) in [6, 6.07) is 12.8. The summed E-state index contributed by atoms with van der Waals surface area (Å²) in [6.45, 7) is 7.87. The van der Waals surface area contributed by atoms with Crippen LogP contribution < -0.4 is 5.32 Å². The Bertz CT molecular complexity index is 1300. The second kappa shape index (κ2) is 11.9. The van der Waals surface area contributed by atoms with Gasteiger partial charge >= 0.3 is 12.0 Å². The maximum absolute atomic E-state index is 13.2. The Morgan fingerprint density at radius 2 is 1.66 bits per heavy atom. The van der Waals surface area contributed by atoms with Crippen molar-refractivity contribution in [3.63, 3.8) is 0 Å². The van der Waals surface area contributed by atoms with Crippen LogP contribution in [-0.2, 0) is 19.6 Å². The van der Waals surface area contributed by atoms with E-state index in [4.69, 9.17) is 16.3 Å². The summed E-state index contributed by atoms with van der Waals surface area (Å²) in [6.07, 6.45) is 0. The van der Waals surface area contributed by atoms with Gasteiger partial charge in [-0.3, -0.25) is 9.80 Å². The molecule has 0 spiro atoms. The number of carbonyl (C=O) groups excluding carboxylic acids is 2. The third kappa shape index (κ3) is 5.88. The number of rotatable bonds is 8. The van der Waals surface area contributed by atoms with E-state index in [0.29, 0.717) is 61.1 Å². The van der Waals surface area contributed by atoms with Crippen molar-refractivity contribution in [2.75, 3.05) is 45.9 Å². The second-order valence-corrected chi connectivity index (χ2v) is 11.6. The van der Waals surface area contributed by atoms with E-state index in [-0.39, 0.29) is 17.5 Å². The molecule has 9 nitrogen and oxygen atoms in total. The van der Waals surface area contributed by atoms with E-state index in [1.54, 1.807) is 60.4 Å². The number of piperazine rings is 1. The minimum atomic E-state index is -3.60. The number of sulfonamides is 1. The van der Waals surface area contributed by atoms with Crippen LogP contribution in [0.4, 0.5) is 4.79 Å². The normalized spacial score (nSPS) is 19.4. The molecule has 2 aliphatic rings. The zero-order valence-electron chi connectivity index (χ0n) is 21.8. The SMILES string of the molecule is CCOC(=O)C1=C(CN2CCN(S(=O)(=O)c3ccc(C)cc3)CC2)N(CC)C(=O)N[C@H]1c1ccc(Cl)cc1. The summed E-state index contributed by atoms with van der Waals surface area (Å²) in [7, 11) is -3.60. The Labute approximate surface area is 229 Å². The molecule has 38 heavy (non-hydrogen) atoms. The Morgan fingerprint density at radius 1 is 1.03 bits per heavy atom. The number of hydrogen-bond acceptors (Lipinski definition) is 6. The molecular weight excluding hydrogens is 528 g/mol. The highest BCUT2D eigenvalue weighted by Crippen LogP contribution is 2.33. The second-order valence-electron chi connectivity index (χ2n) is 9.25. The molecule has 0 aromatic heterocycles. The van der Waals surface area contributed by atoms with E-state index in [9.17, 15) is 18.0 Å². The van der Waals surface area contributed by atoms with Crippen molar-refractivity contribution in [1.82, 2.24) is 19.4 Å². The third-order valence-corrected chi connectivity index (χ3v) is 8.98. The van der Waals surface area contributed by atoms with Gasteiger partial charge in [-0.05, 0) is 50.6 Å². The van der Waals surface area contributed by atoms with Crippen molar-refractivity contribution in [1.29, 1.82) is 0 Å². The fraction of sp³-hybridized carbons (Fsp3) is 0.407. The number of urea groups is 1. The van der Waals surface area contributed by atoms with E-state index in [0.717, 1.165) is 5.56 Å². The van der Waals surface area contributed by atoms with Gasteiger partial charge in [0.2, 0.25) is 10.0 Å². The summed E-state index contributed by atoms with van der Waals surface area (Å²) in [5.41, 5.74) is 2.64. The highest BCUT2D eigenvalue weighted by molar-refractivity contribution is 7.89. The molecule has 11 heteroatoms. The predicted octanol–water partition coefficient (Wildman–Crippen LogP) is 3.56. The van der Waals surface area contributed by atoms with Crippen LogP contribution in [-0.4, -0.2) is 80.4 Å². The summed E-state index contributed by atoms with van der Waals surface area (Å²) < 4.78 is 33.2. The van der Waals surface area contributed by atoms with Crippen molar-refractivity contribution < 1.29 is 22.7 Å². The maximum Gasteiger partial charge on any atom is 0.338 e. The average molecular weight is 561 g/mol. The smallest absolute Gasteiger partial charge is 0.338 e. The van der Waals surface area contributed by atoms with Crippen LogP contribution in [0, 0.1) is 6.92 Å². The highest BCUT2D eigenvalue weighted by atomic mass is 35.5. The predicted molar refractivity (Wildman–Crippen MR) is 145 cm³/mol. The number of nitrogens with zero attached hydrogens (tertiary/aromatic N) is 3. The van der Waals surface area contributed by atoms with Crippen LogP contribution >= 0.6 is 11.6 Å². The fourth-order valence-electron chi connectivity index (χ4n) is 4.76. The van der Waals surface area contributed by atoms with Gasteiger partial charge in [-0.15, -0.1) is 0 Å². The number of benzene rings is 2. The highest BCUT2D eigenvalue weighted by Gasteiger charge is 2.39. The number of amides is 2. The number of aryl methyl sites for hydroxylation is 1. The minimum Gasteiger partial charge on any atom is -0.463 e. The van der Waals surface area contributed by atoms with E-state index in [1.807, 2.05) is 13.8 Å². The first-order valence-corrected chi connectivity index (χ1v) is 14.5. The number of carbonyl (C=O) groups is 2. The van der Waals surface area contributed by atoms with Crippen LogP contribution in [0.15, 0.2) is 64.7 Å². The van der Waals surface area contributed by atoms with Crippen molar-refractivity contribution in [2.45, 2.75) is 31.7 Å². The molecule has 0 unspecified atom stereocenters. The van der Waals surface area contributed by atoms with Gasteiger partial charge in [0.25, 0.3) is 0 Å². The van der Waals surface area contributed by atoms with Crippen LogP contribution in [0.3, 0.4) is 0 Å². The van der Waals surface area contributed by atoms with Gasteiger partial charge in [0.15, 0.2) is 0 Å². The zero-order valence-corrected chi connectivity index (χ0v) is 23.4. The molecule has 0 aliphatic carbocycles. The van der Waals surface area contributed by atoms with Gasteiger partial charge in [-0.2, -0.15) is 4.31 Å². The molecule has 2 heterocycles. The third-order valence-electron chi connectivity index (χ3n) is 6.82. The van der Waals surface area contributed by atoms with E-state index in [2.05, 4.69) is 10.2 Å². The zero-order chi connectivity index (χ0) is 27.4. The Kier molecular flexibility index (Phi) is 8.77. The van der Waals surface area contributed by atoms with E-state index >= 15 is 0 Å². The molecule has 2 amide bonds. The molecule has 1 saturated heterocycles. The topological polar surface area (TPSA) is 99.3 Å².